The van der Waals surface area contributed by atoms with Gasteiger partial charge in [-0.3, -0.25) is 0 Å². The molecular formula is C14H14BrN. The lowest BCUT2D eigenvalue weighted by molar-refractivity contribution is 1.19. The molecule has 0 aliphatic carbocycles. The molecule has 0 aromatic heterocycles. The van der Waals surface area contributed by atoms with Crippen LogP contribution in [-0.4, -0.2) is 7.05 Å². The van der Waals surface area contributed by atoms with Crippen molar-refractivity contribution < 1.29 is 0 Å². The van der Waals surface area contributed by atoms with Gasteiger partial charge in [0.05, 0.1) is 5.69 Å². The maximum Gasteiger partial charge on any atom is 0.0552 e. The highest BCUT2D eigenvalue weighted by atomic mass is 79.9. The number of halogens is 1. The van der Waals surface area contributed by atoms with Crippen LogP contribution in [0.1, 0.15) is 5.56 Å². The molecule has 2 rings (SSSR count). The summed E-state index contributed by atoms with van der Waals surface area (Å²) in [4.78, 5) is 2.17. The molecule has 0 aliphatic heterocycles. The van der Waals surface area contributed by atoms with Crippen molar-refractivity contribution in [2.24, 2.45) is 0 Å². The first kappa shape index (κ1) is 11.2. The van der Waals surface area contributed by atoms with E-state index < -0.39 is 0 Å². The standard InChI is InChI=1S/C14H14BrN/c1-11-8-9-14(13(15)10-11)16(2)12-6-4-3-5-7-12/h3-10H,1-2H3. The van der Waals surface area contributed by atoms with Crippen molar-refractivity contribution in [3.8, 4) is 0 Å². The molecule has 82 valence electrons. The average molecular weight is 276 g/mol. The zero-order valence-corrected chi connectivity index (χ0v) is 11.0. The molecule has 2 heteroatoms. The highest BCUT2D eigenvalue weighted by Gasteiger charge is 2.06. The summed E-state index contributed by atoms with van der Waals surface area (Å²) in [6, 6.07) is 16.7. The van der Waals surface area contributed by atoms with Crippen LogP contribution in [0, 0.1) is 6.92 Å². The summed E-state index contributed by atoms with van der Waals surface area (Å²) in [6.45, 7) is 2.09. The maximum atomic E-state index is 3.60. The van der Waals surface area contributed by atoms with Crippen molar-refractivity contribution >= 4 is 27.3 Å². The van der Waals surface area contributed by atoms with E-state index in [4.69, 9.17) is 0 Å². The Balaban J connectivity index is 2.38. The monoisotopic (exact) mass is 275 g/mol. The number of anilines is 2. The molecule has 0 amide bonds. The van der Waals surface area contributed by atoms with Crippen LogP contribution in [-0.2, 0) is 0 Å². The fourth-order valence-electron chi connectivity index (χ4n) is 1.67. The summed E-state index contributed by atoms with van der Waals surface area (Å²) >= 11 is 3.60. The molecule has 2 aromatic carbocycles. The quantitative estimate of drug-likeness (QED) is 0.779. The van der Waals surface area contributed by atoms with Gasteiger partial charge in [0.25, 0.3) is 0 Å². The second kappa shape index (κ2) is 4.71. The molecule has 0 radical (unpaired) electrons. The number of nitrogens with zero attached hydrogens (tertiary/aromatic N) is 1. The fourth-order valence-corrected chi connectivity index (χ4v) is 2.43. The molecule has 2 aromatic rings. The summed E-state index contributed by atoms with van der Waals surface area (Å²) in [5, 5.41) is 0. The predicted molar refractivity (Wildman–Crippen MR) is 73.4 cm³/mol. The van der Waals surface area contributed by atoms with Crippen LogP contribution < -0.4 is 4.90 Å². The third-order valence-corrected chi connectivity index (χ3v) is 3.24. The molecule has 0 atom stereocenters. The minimum absolute atomic E-state index is 1.12. The first-order chi connectivity index (χ1) is 7.68. The van der Waals surface area contributed by atoms with Crippen molar-refractivity contribution in [3.63, 3.8) is 0 Å². The Bertz CT molecular complexity index is 479. The second-order valence-corrected chi connectivity index (χ2v) is 4.70. The van der Waals surface area contributed by atoms with E-state index in [0.717, 1.165) is 4.47 Å². The lowest BCUT2D eigenvalue weighted by Gasteiger charge is -2.21. The van der Waals surface area contributed by atoms with Crippen molar-refractivity contribution in [1.29, 1.82) is 0 Å². The van der Waals surface area contributed by atoms with Gasteiger partial charge in [-0.1, -0.05) is 24.3 Å². The average Bonchev–Trinajstić information content (AvgIpc) is 2.29. The fraction of sp³-hybridized carbons (Fsp3) is 0.143. The van der Waals surface area contributed by atoms with E-state index in [-0.39, 0.29) is 0 Å². The summed E-state index contributed by atoms with van der Waals surface area (Å²) < 4.78 is 1.12. The van der Waals surface area contributed by atoms with Crippen LogP contribution in [0.15, 0.2) is 53.0 Å². The van der Waals surface area contributed by atoms with Gasteiger partial charge in [0.15, 0.2) is 0 Å². The Labute approximate surface area is 105 Å². The molecule has 0 saturated heterocycles. The third kappa shape index (κ3) is 2.27. The van der Waals surface area contributed by atoms with Crippen molar-refractivity contribution in [2.45, 2.75) is 6.92 Å². The minimum Gasteiger partial charge on any atom is -0.344 e. The summed E-state index contributed by atoms with van der Waals surface area (Å²) in [7, 11) is 2.07. The van der Waals surface area contributed by atoms with Crippen LogP contribution in [0.2, 0.25) is 0 Å². The minimum atomic E-state index is 1.12. The van der Waals surface area contributed by atoms with Gasteiger partial charge in [-0.05, 0) is 52.7 Å². The van der Waals surface area contributed by atoms with Gasteiger partial charge in [-0.25, -0.2) is 0 Å². The van der Waals surface area contributed by atoms with Crippen LogP contribution >= 0.6 is 15.9 Å². The number of para-hydroxylation sites is 1. The van der Waals surface area contributed by atoms with E-state index in [1.54, 1.807) is 0 Å². The lowest BCUT2D eigenvalue weighted by atomic mass is 10.2. The Kier molecular flexibility index (Phi) is 3.30. The molecule has 0 aliphatic rings. The van der Waals surface area contributed by atoms with Gasteiger partial charge in [0.1, 0.15) is 0 Å². The molecule has 0 saturated carbocycles. The van der Waals surface area contributed by atoms with Gasteiger partial charge in [-0.15, -0.1) is 0 Å². The number of hydrogen-bond acceptors (Lipinski definition) is 1. The largest absolute Gasteiger partial charge is 0.344 e. The second-order valence-electron chi connectivity index (χ2n) is 3.85. The first-order valence-electron chi connectivity index (χ1n) is 5.23. The van der Waals surface area contributed by atoms with Gasteiger partial charge in [0.2, 0.25) is 0 Å². The molecule has 0 heterocycles. The molecule has 1 nitrogen and oxygen atoms in total. The van der Waals surface area contributed by atoms with Crippen LogP contribution in [0.5, 0.6) is 0 Å². The highest BCUT2D eigenvalue weighted by Crippen LogP contribution is 2.31. The molecular weight excluding hydrogens is 262 g/mol. The van der Waals surface area contributed by atoms with E-state index >= 15 is 0 Å². The molecule has 0 N–H and O–H groups in total. The Morgan fingerprint density at radius 1 is 1.00 bits per heavy atom. The van der Waals surface area contributed by atoms with Crippen molar-refractivity contribution in [3.05, 3.63) is 58.6 Å². The number of benzene rings is 2. The summed E-state index contributed by atoms with van der Waals surface area (Å²) in [5.74, 6) is 0. The third-order valence-electron chi connectivity index (χ3n) is 2.61. The number of aryl methyl sites for hydroxylation is 1. The SMILES string of the molecule is Cc1ccc(N(C)c2ccccc2)c(Br)c1. The van der Waals surface area contributed by atoms with Gasteiger partial charge >= 0.3 is 0 Å². The Morgan fingerprint density at radius 3 is 2.31 bits per heavy atom. The van der Waals surface area contributed by atoms with E-state index in [9.17, 15) is 0 Å². The van der Waals surface area contributed by atoms with E-state index in [1.165, 1.54) is 16.9 Å². The van der Waals surface area contributed by atoms with Gasteiger partial charge < -0.3 is 4.90 Å². The maximum absolute atomic E-state index is 3.60. The molecule has 0 bridgehead atoms. The van der Waals surface area contributed by atoms with Crippen molar-refractivity contribution in [1.82, 2.24) is 0 Å². The van der Waals surface area contributed by atoms with Gasteiger partial charge in [0, 0.05) is 17.2 Å². The molecule has 0 unspecified atom stereocenters. The highest BCUT2D eigenvalue weighted by molar-refractivity contribution is 9.10. The predicted octanol–water partition coefficient (Wildman–Crippen LogP) is 4.53. The topological polar surface area (TPSA) is 3.24 Å². The molecule has 0 fully saturated rings. The van der Waals surface area contributed by atoms with Crippen molar-refractivity contribution in [2.75, 3.05) is 11.9 Å². The zero-order valence-electron chi connectivity index (χ0n) is 9.44. The van der Waals surface area contributed by atoms with Crippen LogP contribution in [0.3, 0.4) is 0 Å². The first-order valence-corrected chi connectivity index (χ1v) is 6.03. The Hall–Kier alpha value is -1.28. The van der Waals surface area contributed by atoms with E-state index in [0.29, 0.717) is 0 Å². The number of hydrogen-bond donors (Lipinski definition) is 0. The normalized spacial score (nSPS) is 10.2. The van der Waals surface area contributed by atoms with Gasteiger partial charge in [-0.2, -0.15) is 0 Å². The van der Waals surface area contributed by atoms with Crippen LogP contribution in [0.25, 0.3) is 0 Å². The van der Waals surface area contributed by atoms with Crippen LogP contribution in [0.4, 0.5) is 11.4 Å². The Morgan fingerprint density at radius 2 is 1.69 bits per heavy atom. The molecule has 16 heavy (non-hydrogen) atoms. The molecule has 0 spiro atoms. The number of rotatable bonds is 2. The summed E-state index contributed by atoms with van der Waals surface area (Å²) in [5.41, 5.74) is 3.63. The zero-order chi connectivity index (χ0) is 11.5. The van der Waals surface area contributed by atoms with E-state index in [1.807, 2.05) is 18.2 Å². The van der Waals surface area contributed by atoms with E-state index in [2.05, 4.69) is 65.1 Å². The summed E-state index contributed by atoms with van der Waals surface area (Å²) in [6.07, 6.45) is 0. The lowest BCUT2D eigenvalue weighted by Crippen LogP contribution is -2.09. The smallest absolute Gasteiger partial charge is 0.0552 e.